The van der Waals surface area contributed by atoms with Gasteiger partial charge in [0.1, 0.15) is 5.75 Å². The molecule has 1 aliphatic rings. The van der Waals surface area contributed by atoms with E-state index in [0.29, 0.717) is 30.1 Å². The molecule has 2 aromatic heterocycles. The molecule has 1 aromatic carbocycles. The maximum atomic E-state index is 14.8. The molecule has 1 saturated carbocycles. The van der Waals surface area contributed by atoms with Gasteiger partial charge < -0.3 is 30.8 Å². The number of urea groups is 1. The summed E-state index contributed by atoms with van der Waals surface area (Å²) in [6.45, 7) is 2.73. The molecule has 4 N–H and O–H groups in total. The first kappa shape index (κ1) is 25.7. The van der Waals surface area contributed by atoms with Crippen molar-refractivity contribution in [1.82, 2.24) is 15.6 Å². The van der Waals surface area contributed by atoms with Crippen LogP contribution in [-0.2, 0) is 4.74 Å². The monoisotopic (exact) mass is 512 g/mol. The van der Waals surface area contributed by atoms with Crippen LogP contribution < -0.4 is 20.7 Å². The minimum atomic E-state index is -0.593. The van der Waals surface area contributed by atoms with E-state index in [1.54, 1.807) is 31.7 Å². The fraction of sp³-hybridized carbons (Fsp3) is 0.360. The summed E-state index contributed by atoms with van der Waals surface area (Å²) in [5, 5.41) is 16.5. The van der Waals surface area contributed by atoms with Crippen molar-refractivity contribution in [3.05, 3.63) is 47.2 Å². The number of nitrogens with one attached hydrogen (secondary N) is 4. The molecule has 3 aromatic rings. The number of aromatic nitrogens is 1. The van der Waals surface area contributed by atoms with Crippen molar-refractivity contribution in [3.63, 3.8) is 0 Å². The summed E-state index contributed by atoms with van der Waals surface area (Å²) in [6.07, 6.45) is 6.63. The average molecular weight is 513 g/mol. The first-order valence-electron chi connectivity index (χ1n) is 11.7. The third kappa shape index (κ3) is 7.06. The van der Waals surface area contributed by atoms with Gasteiger partial charge in [-0.15, -0.1) is 11.3 Å². The lowest BCUT2D eigenvalue weighted by atomic mass is 10.1. The Morgan fingerprint density at radius 2 is 2.17 bits per heavy atom. The molecular weight excluding hydrogens is 483 g/mol. The standard InChI is InChI=1S/C25H29FN6O3S/c1-34-11-10-28-8-9-29-15-16(14-27)23-13-20-24(36-23)22(6-7-30-20)35-21-5-4-18(12-19(21)26)32-25(33)31-17-2-3-17/h4-7,12-17,27-28H,2-3,8-11H2,1H3,(H2,31,32,33). The smallest absolute Gasteiger partial charge is 0.319 e. The van der Waals surface area contributed by atoms with E-state index in [2.05, 4.69) is 25.9 Å². The summed E-state index contributed by atoms with van der Waals surface area (Å²) in [4.78, 5) is 21.6. The Hall–Kier alpha value is -3.41. The zero-order valence-electron chi connectivity index (χ0n) is 19.9. The molecule has 0 spiro atoms. The predicted molar refractivity (Wildman–Crippen MR) is 141 cm³/mol. The number of carbonyl (C=O) groups excluding carboxylic acids is 1. The van der Waals surface area contributed by atoms with E-state index >= 15 is 0 Å². The Labute approximate surface area is 212 Å². The van der Waals surface area contributed by atoms with E-state index in [-0.39, 0.29) is 23.7 Å². The van der Waals surface area contributed by atoms with Crippen LogP contribution in [0.25, 0.3) is 10.2 Å². The minimum Gasteiger partial charge on any atom is -0.453 e. The number of hydrogen-bond acceptors (Lipinski definition) is 8. The normalized spacial score (nSPS) is 14.2. The van der Waals surface area contributed by atoms with Gasteiger partial charge in [-0.3, -0.25) is 9.98 Å². The SMILES string of the molecule is COCCNCCN=CC(C=N)c1cc2nccc(Oc3ccc(NC(=O)NC4CC4)cc3F)c2s1. The van der Waals surface area contributed by atoms with E-state index < -0.39 is 5.82 Å². The Balaban J connectivity index is 1.42. The van der Waals surface area contributed by atoms with Gasteiger partial charge in [0.05, 0.1) is 29.3 Å². The third-order valence-electron chi connectivity index (χ3n) is 5.39. The average Bonchev–Trinajstić information content (AvgIpc) is 3.56. The minimum absolute atomic E-state index is 0.0386. The number of methoxy groups -OCH3 is 1. The quantitative estimate of drug-likeness (QED) is 0.198. The van der Waals surface area contributed by atoms with Gasteiger partial charge in [0, 0.05) is 67.6 Å². The van der Waals surface area contributed by atoms with Crippen LogP contribution in [0.15, 0.2) is 41.5 Å². The fourth-order valence-electron chi connectivity index (χ4n) is 3.37. The van der Waals surface area contributed by atoms with Gasteiger partial charge in [-0.05, 0) is 31.0 Å². The van der Waals surface area contributed by atoms with Crippen LogP contribution in [0.5, 0.6) is 11.5 Å². The first-order valence-corrected chi connectivity index (χ1v) is 12.5. The molecule has 0 saturated heterocycles. The second-order valence-electron chi connectivity index (χ2n) is 8.28. The van der Waals surface area contributed by atoms with E-state index in [0.717, 1.165) is 35.5 Å². The zero-order valence-corrected chi connectivity index (χ0v) is 20.7. The summed E-state index contributed by atoms with van der Waals surface area (Å²) in [5.41, 5.74) is 1.04. The number of fused-ring (bicyclic) bond motifs is 1. The van der Waals surface area contributed by atoms with Gasteiger partial charge in [-0.25, -0.2) is 9.18 Å². The lowest BCUT2D eigenvalue weighted by Gasteiger charge is -2.10. The molecule has 36 heavy (non-hydrogen) atoms. The molecule has 0 bridgehead atoms. The number of pyridine rings is 1. The van der Waals surface area contributed by atoms with Crippen LogP contribution in [0, 0.1) is 11.2 Å². The Morgan fingerprint density at radius 1 is 1.31 bits per heavy atom. The summed E-state index contributed by atoms with van der Waals surface area (Å²) < 4.78 is 26.4. The van der Waals surface area contributed by atoms with E-state index in [4.69, 9.17) is 14.9 Å². The highest BCUT2D eigenvalue weighted by Crippen LogP contribution is 2.37. The molecule has 1 unspecified atom stereocenters. The van der Waals surface area contributed by atoms with E-state index in [9.17, 15) is 9.18 Å². The van der Waals surface area contributed by atoms with Crippen LogP contribution >= 0.6 is 11.3 Å². The molecule has 2 heterocycles. The number of amides is 2. The summed E-state index contributed by atoms with van der Waals surface area (Å²) >= 11 is 1.43. The highest BCUT2D eigenvalue weighted by atomic mass is 32.1. The van der Waals surface area contributed by atoms with Crippen molar-refractivity contribution in [1.29, 1.82) is 5.41 Å². The zero-order chi connectivity index (χ0) is 25.3. The van der Waals surface area contributed by atoms with Gasteiger partial charge in [0.2, 0.25) is 0 Å². The molecule has 4 rings (SSSR count). The van der Waals surface area contributed by atoms with Crippen LogP contribution in [0.3, 0.4) is 0 Å². The fourth-order valence-corrected chi connectivity index (χ4v) is 4.47. The van der Waals surface area contributed by atoms with Gasteiger partial charge in [-0.2, -0.15) is 0 Å². The predicted octanol–water partition coefficient (Wildman–Crippen LogP) is 4.55. The highest BCUT2D eigenvalue weighted by Gasteiger charge is 2.23. The molecule has 190 valence electrons. The number of thiophene rings is 1. The number of nitrogens with zero attached hydrogens (tertiary/aromatic N) is 2. The molecular formula is C25H29FN6O3S. The Kier molecular flexibility index (Phi) is 8.93. The summed E-state index contributed by atoms with van der Waals surface area (Å²) in [6, 6.07) is 7.74. The Bertz CT molecular complexity index is 1230. The number of benzene rings is 1. The van der Waals surface area contributed by atoms with Crippen molar-refractivity contribution >= 4 is 45.7 Å². The number of halogens is 1. The van der Waals surface area contributed by atoms with Crippen molar-refractivity contribution in [2.75, 3.05) is 38.7 Å². The molecule has 0 radical (unpaired) electrons. The van der Waals surface area contributed by atoms with E-state index in [1.165, 1.54) is 29.7 Å². The molecule has 1 fully saturated rings. The van der Waals surface area contributed by atoms with Crippen LogP contribution in [0.1, 0.15) is 23.6 Å². The molecule has 1 aliphatic carbocycles. The van der Waals surface area contributed by atoms with Crippen molar-refractivity contribution in [2.45, 2.75) is 24.8 Å². The molecule has 11 heteroatoms. The number of anilines is 1. The van der Waals surface area contributed by atoms with Crippen LogP contribution in [0.2, 0.25) is 0 Å². The van der Waals surface area contributed by atoms with Gasteiger partial charge in [-0.1, -0.05) is 0 Å². The second-order valence-corrected chi connectivity index (χ2v) is 9.37. The van der Waals surface area contributed by atoms with Crippen LogP contribution in [0.4, 0.5) is 14.9 Å². The third-order valence-corrected chi connectivity index (χ3v) is 6.63. The topological polar surface area (TPSA) is 121 Å². The molecule has 9 nitrogen and oxygen atoms in total. The number of hydrogen-bond donors (Lipinski definition) is 4. The number of ether oxygens (including phenoxy) is 2. The lowest BCUT2D eigenvalue weighted by Crippen LogP contribution is -2.30. The lowest BCUT2D eigenvalue weighted by molar-refractivity contribution is 0.200. The first-order chi connectivity index (χ1) is 17.6. The summed E-state index contributed by atoms with van der Waals surface area (Å²) in [7, 11) is 1.66. The maximum Gasteiger partial charge on any atom is 0.319 e. The van der Waals surface area contributed by atoms with Crippen molar-refractivity contribution in [3.8, 4) is 11.5 Å². The van der Waals surface area contributed by atoms with Gasteiger partial charge in [0.25, 0.3) is 0 Å². The Morgan fingerprint density at radius 3 is 2.92 bits per heavy atom. The molecule has 0 aliphatic heterocycles. The number of rotatable bonds is 13. The van der Waals surface area contributed by atoms with Crippen LogP contribution in [-0.4, -0.2) is 62.8 Å². The maximum absolute atomic E-state index is 14.8. The van der Waals surface area contributed by atoms with Crippen molar-refractivity contribution < 1.29 is 18.7 Å². The summed E-state index contributed by atoms with van der Waals surface area (Å²) in [5.74, 6) is -0.383. The largest absolute Gasteiger partial charge is 0.453 e. The second kappa shape index (κ2) is 12.5. The van der Waals surface area contributed by atoms with E-state index in [1.807, 2.05) is 6.07 Å². The van der Waals surface area contributed by atoms with Gasteiger partial charge >= 0.3 is 6.03 Å². The highest BCUT2D eigenvalue weighted by molar-refractivity contribution is 7.19. The van der Waals surface area contributed by atoms with Crippen molar-refractivity contribution in [2.24, 2.45) is 4.99 Å². The molecule has 2 amide bonds. The van der Waals surface area contributed by atoms with Gasteiger partial charge in [0.15, 0.2) is 11.6 Å². The number of carbonyl (C=O) groups is 1. The molecule has 1 atom stereocenters. The number of aliphatic imine (C=N–C) groups is 1.